The number of aromatic nitrogens is 2. The van der Waals surface area contributed by atoms with Crippen molar-refractivity contribution in [3.8, 4) is 0 Å². The molecule has 0 radical (unpaired) electrons. The zero-order valence-corrected chi connectivity index (χ0v) is 24.9. The monoisotopic (exact) mass is 583 g/mol. The number of anilines is 1. The summed E-state index contributed by atoms with van der Waals surface area (Å²) in [5.74, 6) is -0.200. The lowest BCUT2D eigenvalue weighted by molar-refractivity contribution is -0.141. The minimum atomic E-state index is -4.19. The number of rotatable bonds is 9. The first-order chi connectivity index (χ1) is 20.1. The Morgan fingerprint density at radius 2 is 1.71 bits per heavy atom. The number of pyridine rings is 1. The van der Waals surface area contributed by atoms with Crippen LogP contribution in [0.25, 0.3) is 21.8 Å². The Kier molecular flexibility index (Phi) is 8.00. The molecule has 2 aromatic heterocycles. The topological polar surface area (TPSA) is 109 Å². The van der Waals surface area contributed by atoms with Gasteiger partial charge in [-0.2, -0.15) is 0 Å². The van der Waals surface area contributed by atoms with Crippen molar-refractivity contribution in [3.05, 3.63) is 102 Å². The molecular weight excluding hydrogens is 550 g/mol. The average Bonchev–Trinajstić information content (AvgIpc) is 3.29. The van der Waals surface area contributed by atoms with Crippen LogP contribution in [0.1, 0.15) is 23.7 Å². The number of sulfonamides is 1. The van der Waals surface area contributed by atoms with Crippen LogP contribution in [0.5, 0.6) is 0 Å². The molecule has 9 nitrogen and oxygen atoms in total. The molecule has 0 unspecified atom stereocenters. The van der Waals surface area contributed by atoms with Crippen molar-refractivity contribution >= 4 is 49.3 Å². The highest BCUT2D eigenvalue weighted by molar-refractivity contribution is 7.93. The van der Waals surface area contributed by atoms with Gasteiger partial charge in [-0.1, -0.05) is 42.5 Å². The molecule has 216 valence electrons. The van der Waals surface area contributed by atoms with E-state index in [4.69, 9.17) is 10.1 Å². The summed E-state index contributed by atoms with van der Waals surface area (Å²) < 4.78 is 36.5. The van der Waals surface area contributed by atoms with Crippen molar-refractivity contribution < 1.29 is 17.9 Å². The minimum absolute atomic E-state index is 0.0181. The number of benzene rings is 3. The summed E-state index contributed by atoms with van der Waals surface area (Å²) in [4.78, 5) is 18.7. The highest BCUT2D eigenvalue weighted by atomic mass is 32.2. The largest absolute Gasteiger partial charge is 0.465 e. The van der Waals surface area contributed by atoms with Gasteiger partial charge in [-0.3, -0.25) is 19.5 Å². The van der Waals surface area contributed by atoms with Crippen LogP contribution >= 0.6 is 0 Å². The third-order valence-corrected chi connectivity index (χ3v) is 9.02. The van der Waals surface area contributed by atoms with Gasteiger partial charge in [0.2, 0.25) is 0 Å². The van der Waals surface area contributed by atoms with Crippen LogP contribution in [0.2, 0.25) is 0 Å². The molecule has 5 aromatic rings. The average molecular weight is 584 g/mol. The summed E-state index contributed by atoms with van der Waals surface area (Å²) in [7, 11) is 1.48. The van der Waals surface area contributed by atoms with E-state index in [0.717, 1.165) is 32.0 Å². The van der Waals surface area contributed by atoms with Crippen LogP contribution in [-0.2, 0) is 33.0 Å². The summed E-state index contributed by atoms with van der Waals surface area (Å²) in [6.07, 6.45) is 2.21. The van der Waals surface area contributed by atoms with Crippen LogP contribution in [-0.4, -0.2) is 61.9 Å². The molecule has 0 spiro atoms. The Morgan fingerprint density at radius 1 is 0.976 bits per heavy atom. The van der Waals surface area contributed by atoms with E-state index in [9.17, 15) is 13.2 Å². The van der Waals surface area contributed by atoms with Crippen molar-refractivity contribution in [2.75, 3.05) is 31.6 Å². The lowest BCUT2D eigenvalue weighted by Gasteiger charge is -2.24. The van der Waals surface area contributed by atoms with Gasteiger partial charge in [0.1, 0.15) is 17.3 Å². The van der Waals surface area contributed by atoms with E-state index in [1.165, 1.54) is 6.07 Å². The molecule has 0 amide bonds. The van der Waals surface area contributed by atoms with Crippen LogP contribution < -0.4 is 4.31 Å². The van der Waals surface area contributed by atoms with E-state index in [0.29, 0.717) is 28.8 Å². The summed E-state index contributed by atoms with van der Waals surface area (Å²) in [5.41, 5.74) is 4.59. The number of esters is 1. The van der Waals surface area contributed by atoms with Gasteiger partial charge in [-0.25, -0.2) is 8.42 Å². The normalized spacial score (nSPS) is 11.5. The van der Waals surface area contributed by atoms with Gasteiger partial charge >= 0.3 is 5.97 Å². The van der Waals surface area contributed by atoms with E-state index >= 15 is 0 Å². The lowest BCUT2D eigenvalue weighted by atomic mass is 10.1. The smallest absolute Gasteiger partial charge is 0.326 e. The summed E-state index contributed by atoms with van der Waals surface area (Å²) in [6.45, 7) is 1.35. The number of para-hydroxylation sites is 1. The molecule has 0 bridgehead atoms. The second-order valence-corrected chi connectivity index (χ2v) is 12.0. The van der Waals surface area contributed by atoms with Crippen LogP contribution in [0.4, 0.5) is 5.69 Å². The number of fused-ring (bicyclic) bond motifs is 2. The Hall–Kier alpha value is -4.70. The molecule has 0 atom stereocenters. The third-order valence-electron chi connectivity index (χ3n) is 7.21. The fraction of sp³-hybridized carbons (Fsp3) is 0.219. The Bertz CT molecular complexity index is 1890. The summed E-state index contributed by atoms with van der Waals surface area (Å²) in [5, 5.41) is 9.71. The van der Waals surface area contributed by atoms with Gasteiger partial charge < -0.3 is 14.2 Å². The third kappa shape index (κ3) is 5.58. The quantitative estimate of drug-likeness (QED) is 0.149. The first-order valence-corrected chi connectivity index (χ1v) is 15.0. The maximum absolute atomic E-state index is 14.1. The zero-order valence-electron chi connectivity index (χ0n) is 24.0. The Morgan fingerprint density at radius 3 is 2.43 bits per heavy atom. The molecule has 0 saturated heterocycles. The zero-order chi connectivity index (χ0) is 30.0. The maximum atomic E-state index is 14.1. The second kappa shape index (κ2) is 11.7. The van der Waals surface area contributed by atoms with Crippen LogP contribution in [0.3, 0.4) is 0 Å². The molecule has 3 aromatic carbocycles. The molecule has 42 heavy (non-hydrogen) atoms. The van der Waals surface area contributed by atoms with Crippen molar-refractivity contribution in [3.63, 3.8) is 0 Å². The predicted molar refractivity (Wildman–Crippen MR) is 166 cm³/mol. The van der Waals surface area contributed by atoms with Gasteiger partial charge in [0.05, 0.1) is 17.8 Å². The first kappa shape index (κ1) is 28.8. The Labute approximate surface area is 245 Å². The first-order valence-electron chi connectivity index (χ1n) is 13.6. The Balaban J connectivity index is 1.53. The number of hydrogen-bond donors (Lipinski definition) is 1. The van der Waals surface area contributed by atoms with Crippen molar-refractivity contribution in [1.82, 2.24) is 14.5 Å². The minimum Gasteiger partial charge on any atom is -0.465 e. The van der Waals surface area contributed by atoms with Gasteiger partial charge in [-0.05, 0) is 48.9 Å². The fourth-order valence-electron chi connectivity index (χ4n) is 5.01. The number of nitrogens with zero attached hydrogens (tertiary/aromatic N) is 4. The van der Waals surface area contributed by atoms with Gasteiger partial charge in [-0.15, -0.1) is 0 Å². The molecular formula is C32H33N5O4S. The summed E-state index contributed by atoms with van der Waals surface area (Å²) in [6, 6.07) is 23.8. The molecule has 1 N–H and O–H groups in total. The molecule has 0 fully saturated rings. The number of carbonyl (C=O) groups excluding carboxylic acids is 1. The van der Waals surface area contributed by atoms with Crippen molar-refractivity contribution in [1.29, 1.82) is 5.41 Å². The molecule has 0 aliphatic carbocycles. The van der Waals surface area contributed by atoms with Crippen molar-refractivity contribution in [2.45, 2.75) is 18.2 Å². The number of carbonyl (C=O) groups is 1. The molecule has 0 aliphatic rings. The SMILES string of the molecule is CCOC(=O)CN(c1ccc2c(c1)cc(Cc1ccc(C(=N)N(C)C)cc1)n2C)S(=O)(=O)c1cccc2cccnc12. The highest BCUT2D eigenvalue weighted by Crippen LogP contribution is 2.31. The molecule has 10 heteroatoms. The number of amidine groups is 1. The fourth-order valence-corrected chi connectivity index (χ4v) is 6.58. The van der Waals surface area contributed by atoms with E-state index in [2.05, 4.69) is 9.55 Å². The van der Waals surface area contributed by atoms with E-state index in [1.807, 2.05) is 57.5 Å². The van der Waals surface area contributed by atoms with E-state index < -0.39 is 22.5 Å². The van der Waals surface area contributed by atoms with Crippen molar-refractivity contribution in [2.24, 2.45) is 7.05 Å². The second-order valence-electron chi connectivity index (χ2n) is 10.2. The molecule has 0 aliphatic heterocycles. The maximum Gasteiger partial charge on any atom is 0.326 e. The molecule has 0 saturated carbocycles. The van der Waals surface area contributed by atoms with Crippen LogP contribution in [0.15, 0.2) is 90.0 Å². The summed E-state index contributed by atoms with van der Waals surface area (Å²) >= 11 is 0. The predicted octanol–water partition coefficient (Wildman–Crippen LogP) is 4.96. The van der Waals surface area contributed by atoms with Crippen LogP contribution in [0, 0.1) is 5.41 Å². The van der Waals surface area contributed by atoms with Gasteiger partial charge in [0.15, 0.2) is 0 Å². The van der Waals surface area contributed by atoms with E-state index in [-0.39, 0.29) is 11.5 Å². The number of aryl methyl sites for hydroxylation is 1. The standard InChI is InChI=1S/C32H33N5O4S/c1-5-41-30(38)21-37(42(39,40)29-10-6-8-23-9-7-17-34-31(23)29)26-15-16-28-25(19-26)20-27(36(28)4)18-22-11-13-24(14-12-22)32(33)35(2)3/h6-17,19-20,33H,5,18,21H2,1-4H3. The molecule has 5 rings (SSSR count). The number of ether oxygens (including phenoxy) is 1. The molecule has 2 heterocycles. The number of nitrogens with one attached hydrogen (secondary N) is 1. The van der Waals surface area contributed by atoms with Gasteiger partial charge in [0.25, 0.3) is 10.0 Å². The lowest BCUT2D eigenvalue weighted by Crippen LogP contribution is -2.36. The van der Waals surface area contributed by atoms with E-state index in [1.54, 1.807) is 54.4 Å². The van der Waals surface area contributed by atoms with Gasteiger partial charge in [0, 0.05) is 61.3 Å². The number of hydrogen-bond acceptors (Lipinski definition) is 6. The highest BCUT2D eigenvalue weighted by Gasteiger charge is 2.30.